The third-order valence-electron chi connectivity index (χ3n) is 2.92. The van der Waals surface area contributed by atoms with Crippen molar-refractivity contribution in [3.05, 3.63) is 34.4 Å². The molecule has 0 radical (unpaired) electrons. The number of rotatable bonds is 0. The Labute approximate surface area is 79.4 Å². The first kappa shape index (κ1) is 8.76. The summed E-state index contributed by atoms with van der Waals surface area (Å²) in [6.45, 7) is 4.23. The van der Waals surface area contributed by atoms with Gasteiger partial charge in [-0.15, -0.1) is 0 Å². The van der Waals surface area contributed by atoms with Gasteiger partial charge in [0.2, 0.25) is 0 Å². The minimum atomic E-state index is -0.220. The maximum absolute atomic E-state index is 9.81. The predicted octanol–water partition coefficient (Wildman–Crippen LogP) is 2.67. The summed E-state index contributed by atoms with van der Waals surface area (Å²) in [7, 11) is 0. The molecule has 1 heteroatoms. The fourth-order valence-electron chi connectivity index (χ4n) is 2.30. The molecule has 1 aromatic rings. The number of benzene rings is 1. The van der Waals surface area contributed by atoms with Crippen LogP contribution < -0.4 is 0 Å². The van der Waals surface area contributed by atoms with E-state index in [2.05, 4.69) is 26.0 Å². The normalized spacial score (nSPS) is 21.3. The standard InChI is InChI=1S/C12H16O/c1-8-6-9(2)10-4-3-5-12(13)11(10)7-8/h6-7,12-13H,3-5H2,1-2H3/t12-/m1/s1. The van der Waals surface area contributed by atoms with Crippen LogP contribution in [0.3, 0.4) is 0 Å². The highest BCUT2D eigenvalue weighted by Gasteiger charge is 2.19. The van der Waals surface area contributed by atoms with Crippen molar-refractivity contribution in [1.82, 2.24) is 0 Å². The largest absolute Gasteiger partial charge is 0.388 e. The monoisotopic (exact) mass is 176 g/mol. The van der Waals surface area contributed by atoms with Crippen LogP contribution in [0.15, 0.2) is 12.1 Å². The van der Waals surface area contributed by atoms with Crippen LogP contribution in [0.1, 0.15) is 41.2 Å². The van der Waals surface area contributed by atoms with Crippen LogP contribution in [-0.2, 0) is 6.42 Å². The Morgan fingerprint density at radius 2 is 2.08 bits per heavy atom. The fraction of sp³-hybridized carbons (Fsp3) is 0.500. The van der Waals surface area contributed by atoms with Crippen LogP contribution in [0.5, 0.6) is 0 Å². The first-order valence-electron chi connectivity index (χ1n) is 4.96. The Bertz CT molecular complexity index is 328. The summed E-state index contributed by atoms with van der Waals surface area (Å²) in [5.41, 5.74) is 5.15. The molecule has 1 aliphatic rings. The molecule has 70 valence electrons. The van der Waals surface area contributed by atoms with E-state index in [-0.39, 0.29) is 6.10 Å². The molecule has 1 N–H and O–H groups in total. The van der Waals surface area contributed by atoms with Crippen LogP contribution in [0, 0.1) is 13.8 Å². The van der Waals surface area contributed by atoms with Crippen molar-refractivity contribution in [1.29, 1.82) is 0 Å². The molecule has 0 aliphatic heterocycles. The van der Waals surface area contributed by atoms with E-state index in [1.807, 2.05) is 0 Å². The molecule has 0 aromatic heterocycles. The fourth-order valence-corrected chi connectivity index (χ4v) is 2.30. The quantitative estimate of drug-likeness (QED) is 0.644. The lowest BCUT2D eigenvalue weighted by Gasteiger charge is -2.23. The molecule has 0 spiro atoms. The zero-order chi connectivity index (χ0) is 9.42. The maximum Gasteiger partial charge on any atom is 0.0793 e. The van der Waals surface area contributed by atoms with Crippen LogP contribution in [-0.4, -0.2) is 5.11 Å². The summed E-state index contributed by atoms with van der Waals surface area (Å²) in [5.74, 6) is 0. The first-order valence-corrected chi connectivity index (χ1v) is 4.96. The van der Waals surface area contributed by atoms with Crippen LogP contribution in [0.25, 0.3) is 0 Å². The molecule has 2 rings (SSSR count). The maximum atomic E-state index is 9.81. The highest BCUT2D eigenvalue weighted by atomic mass is 16.3. The second-order valence-electron chi connectivity index (χ2n) is 4.06. The topological polar surface area (TPSA) is 20.2 Å². The van der Waals surface area contributed by atoms with Crippen molar-refractivity contribution in [2.24, 2.45) is 0 Å². The van der Waals surface area contributed by atoms with Gasteiger partial charge in [-0.3, -0.25) is 0 Å². The van der Waals surface area contributed by atoms with Crippen LogP contribution in [0.2, 0.25) is 0 Å². The zero-order valence-corrected chi connectivity index (χ0v) is 8.30. The van der Waals surface area contributed by atoms with Crippen molar-refractivity contribution >= 4 is 0 Å². The smallest absolute Gasteiger partial charge is 0.0793 e. The molecule has 13 heavy (non-hydrogen) atoms. The van der Waals surface area contributed by atoms with Crippen molar-refractivity contribution in [2.75, 3.05) is 0 Å². The molecule has 1 aliphatic carbocycles. The van der Waals surface area contributed by atoms with Crippen molar-refractivity contribution in [3.8, 4) is 0 Å². The predicted molar refractivity (Wildman–Crippen MR) is 53.8 cm³/mol. The van der Waals surface area contributed by atoms with Gasteiger partial charge >= 0.3 is 0 Å². The number of aliphatic hydroxyl groups is 1. The Kier molecular flexibility index (Phi) is 2.12. The van der Waals surface area contributed by atoms with E-state index < -0.39 is 0 Å². The third kappa shape index (κ3) is 1.49. The van der Waals surface area contributed by atoms with Crippen molar-refractivity contribution < 1.29 is 5.11 Å². The van der Waals surface area contributed by atoms with E-state index >= 15 is 0 Å². The van der Waals surface area contributed by atoms with E-state index in [1.54, 1.807) is 0 Å². The van der Waals surface area contributed by atoms with Gasteiger partial charge in [-0.25, -0.2) is 0 Å². The zero-order valence-electron chi connectivity index (χ0n) is 8.30. The summed E-state index contributed by atoms with van der Waals surface area (Å²) in [6, 6.07) is 4.34. The van der Waals surface area contributed by atoms with E-state index in [0.29, 0.717) is 0 Å². The molecular formula is C12H16O. The number of hydrogen-bond donors (Lipinski definition) is 1. The molecular weight excluding hydrogens is 160 g/mol. The number of aryl methyl sites for hydroxylation is 2. The summed E-state index contributed by atoms with van der Waals surface area (Å²) >= 11 is 0. The minimum Gasteiger partial charge on any atom is -0.388 e. The van der Waals surface area contributed by atoms with Gasteiger partial charge < -0.3 is 5.11 Å². The van der Waals surface area contributed by atoms with E-state index in [4.69, 9.17) is 0 Å². The third-order valence-corrected chi connectivity index (χ3v) is 2.92. The van der Waals surface area contributed by atoms with Gasteiger partial charge in [-0.1, -0.05) is 17.7 Å². The second-order valence-corrected chi connectivity index (χ2v) is 4.06. The Hall–Kier alpha value is -0.820. The SMILES string of the molecule is Cc1cc(C)c2c(c1)[C@H](O)CCC2. The van der Waals surface area contributed by atoms with Gasteiger partial charge in [0, 0.05) is 0 Å². The van der Waals surface area contributed by atoms with E-state index in [9.17, 15) is 5.11 Å². The summed E-state index contributed by atoms with van der Waals surface area (Å²) in [5, 5.41) is 9.81. The van der Waals surface area contributed by atoms with Crippen LogP contribution in [0.4, 0.5) is 0 Å². The molecule has 0 bridgehead atoms. The summed E-state index contributed by atoms with van der Waals surface area (Å²) < 4.78 is 0. The van der Waals surface area contributed by atoms with Gasteiger partial charge in [0.25, 0.3) is 0 Å². The number of hydrogen-bond acceptors (Lipinski definition) is 1. The van der Waals surface area contributed by atoms with Gasteiger partial charge in [0.05, 0.1) is 6.10 Å². The molecule has 0 unspecified atom stereocenters. The van der Waals surface area contributed by atoms with Gasteiger partial charge in [-0.05, 0) is 49.8 Å². The molecule has 0 fully saturated rings. The van der Waals surface area contributed by atoms with Crippen molar-refractivity contribution in [3.63, 3.8) is 0 Å². The number of aliphatic hydroxyl groups excluding tert-OH is 1. The summed E-state index contributed by atoms with van der Waals surface area (Å²) in [4.78, 5) is 0. The molecule has 0 saturated carbocycles. The summed E-state index contributed by atoms with van der Waals surface area (Å²) in [6.07, 6.45) is 2.97. The average molecular weight is 176 g/mol. The molecule has 1 nitrogen and oxygen atoms in total. The molecule has 0 saturated heterocycles. The lowest BCUT2D eigenvalue weighted by molar-refractivity contribution is 0.156. The number of fused-ring (bicyclic) bond motifs is 1. The Balaban J connectivity index is 2.56. The lowest BCUT2D eigenvalue weighted by atomic mass is 9.85. The van der Waals surface area contributed by atoms with Crippen molar-refractivity contribution in [2.45, 2.75) is 39.2 Å². The second kappa shape index (κ2) is 3.15. The molecule has 1 aromatic carbocycles. The van der Waals surface area contributed by atoms with Gasteiger partial charge in [-0.2, -0.15) is 0 Å². The lowest BCUT2D eigenvalue weighted by Crippen LogP contribution is -2.10. The average Bonchev–Trinajstić information content (AvgIpc) is 2.07. The van der Waals surface area contributed by atoms with Crippen LogP contribution >= 0.6 is 0 Å². The Morgan fingerprint density at radius 3 is 2.85 bits per heavy atom. The molecule has 1 atom stereocenters. The Morgan fingerprint density at radius 1 is 1.31 bits per heavy atom. The van der Waals surface area contributed by atoms with E-state index in [1.165, 1.54) is 22.3 Å². The van der Waals surface area contributed by atoms with Gasteiger partial charge in [0.1, 0.15) is 0 Å². The highest BCUT2D eigenvalue weighted by Crippen LogP contribution is 2.32. The first-order chi connectivity index (χ1) is 6.18. The highest BCUT2D eigenvalue weighted by molar-refractivity contribution is 5.40. The van der Waals surface area contributed by atoms with E-state index in [0.717, 1.165) is 19.3 Å². The molecule has 0 amide bonds. The van der Waals surface area contributed by atoms with Gasteiger partial charge in [0.15, 0.2) is 0 Å². The molecule has 0 heterocycles. The minimum absolute atomic E-state index is 0.220.